The van der Waals surface area contributed by atoms with Gasteiger partial charge in [0.1, 0.15) is 17.1 Å². The third kappa shape index (κ3) is 4.44. The number of hydrogen-bond acceptors (Lipinski definition) is 5. The molecule has 0 saturated carbocycles. The topological polar surface area (TPSA) is 71.8 Å². The van der Waals surface area contributed by atoms with Crippen molar-refractivity contribution in [3.05, 3.63) is 78.4 Å². The summed E-state index contributed by atoms with van der Waals surface area (Å²) >= 11 is 0. The molecular weight excluding hydrogens is 433 g/mol. The van der Waals surface area contributed by atoms with Crippen molar-refractivity contribution >= 4 is 17.2 Å². The number of nitrogens with zero attached hydrogens (tertiary/aromatic N) is 4. The fourth-order valence-electron chi connectivity index (χ4n) is 4.43. The van der Waals surface area contributed by atoms with Crippen molar-refractivity contribution in [1.29, 1.82) is 0 Å². The second-order valence-corrected chi connectivity index (χ2v) is 8.44. The zero-order valence-electron chi connectivity index (χ0n) is 18.9. The van der Waals surface area contributed by atoms with Crippen molar-refractivity contribution in [1.82, 2.24) is 19.9 Å². The molecule has 1 atom stereocenters. The van der Waals surface area contributed by atoms with Crippen LogP contribution in [0.4, 0.5) is 10.2 Å². The molecule has 7 nitrogen and oxygen atoms in total. The molecular formula is C26H26FN5O2. The van der Waals surface area contributed by atoms with Crippen LogP contribution in [0.2, 0.25) is 0 Å². The highest BCUT2D eigenvalue weighted by molar-refractivity contribution is 5.81. The van der Waals surface area contributed by atoms with Crippen LogP contribution >= 0.6 is 0 Å². The van der Waals surface area contributed by atoms with Crippen molar-refractivity contribution in [2.24, 2.45) is 5.92 Å². The Labute approximate surface area is 197 Å². The first-order valence-corrected chi connectivity index (χ1v) is 11.4. The van der Waals surface area contributed by atoms with Crippen LogP contribution in [0, 0.1) is 11.7 Å². The molecule has 174 valence electrons. The fraction of sp³-hybridized carbons (Fsp3) is 0.269. The fourth-order valence-corrected chi connectivity index (χ4v) is 4.43. The molecule has 0 spiro atoms. The van der Waals surface area contributed by atoms with Gasteiger partial charge in [-0.25, -0.2) is 13.9 Å². The lowest BCUT2D eigenvalue weighted by Gasteiger charge is -2.33. The van der Waals surface area contributed by atoms with E-state index in [9.17, 15) is 9.18 Å². The molecule has 2 aromatic carbocycles. The molecule has 0 bridgehead atoms. The average Bonchev–Trinajstić information content (AvgIpc) is 3.33. The van der Waals surface area contributed by atoms with Gasteiger partial charge in [0.2, 0.25) is 5.91 Å². The highest BCUT2D eigenvalue weighted by atomic mass is 19.1. The van der Waals surface area contributed by atoms with E-state index in [4.69, 9.17) is 9.84 Å². The summed E-state index contributed by atoms with van der Waals surface area (Å²) in [6.07, 6.45) is 5.21. The number of amides is 1. The van der Waals surface area contributed by atoms with Crippen LogP contribution in [-0.2, 0) is 11.3 Å². The smallest absolute Gasteiger partial charge is 0.225 e. The Balaban J connectivity index is 1.34. The number of aromatic nitrogens is 3. The average molecular weight is 460 g/mol. The minimum absolute atomic E-state index is 0.0644. The molecule has 5 rings (SSSR count). The number of methoxy groups -OCH3 is 1. The summed E-state index contributed by atoms with van der Waals surface area (Å²) < 4.78 is 21.1. The van der Waals surface area contributed by atoms with Gasteiger partial charge in [-0.05, 0) is 37.1 Å². The number of fused-ring (bicyclic) bond motifs is 1. The number of anilines is 1. The predicted octanol–water partition coefficient (Wildman–Crippen LogP) is 4.08. The number of nitrogens with one attached hydrogen (secondary N) is 1. The quantitative estimate of drug-likeness (QED) is 0.471. The summed E-state index contributed by atoms with van der Waals surface area (Å²) in [5.74, 6) is 1.01. The van der Waals surface area contributed by atoms with Crippen LogP contribution in [0.15, 0.2) is 67.0 Å². The van der Waals surface area contributed by atoms with Crippen molar-refractivity contribution in [3.8, 4) is 17.0 Å². The summed E-state index contributed by atoms with van der Waals surface area (Å²) in [5, 5.41) is 7.62. The maximum Gasteiger partial charge on any atom is 0.225 e. The van der Waals surface area contributed by atoms with E-state index in [0.717, 1.165) is 47.7 Å². The molecule has 1 aliphatic rings. The molecule has 0 aliphatic carbocycles. The molecule has 4 aromatic rings. The van der Waals surface area contributed by atoms with Crippen LogP contribution < -0.4 is 15.0 Å². The van der Waals surface area contributed by atoms with Gasteiger partial charge >= 0.3 is 0 Å². The van der Waals surface area contributed by atoms with Crippen LogP contribution in [0.25, 0.3) is 16.8 Å². The van der Waals surface area contributed by atoms with Crippen LogP contribution in [0.1, 0.15) is 18.4 Å². The van der Waals surface area contributed by atoms with Gasteiger partial charge < -0.3 is 15.0 Å². The Hall–Kier alpha value is -3.94. The van der Waals surface area contributed by atoms with E-state index in [0.29, 0.717) is 12.1 Å². The van der Waals surface area contributed by atoms with Gasteiger partial charge in [0.25, 0.3) is 0 Å². The number of rotatable bonds is 6. The third-order valence-electron chi connectivity index (χ3n) is 6.24. The number of halogens is 1. The molecule has 0 radical (unpaired) electrons. The van der Waals surface area contributed by atoms with Crippen molar-refractivity contribution < 1.29 is 13.9 Å². The number of piperidine rings is 1. The summed E-state index contributed by atoms with van der Waals surface area (Å²) in [7, 11) is 1.64. The lowest BCUT2D eigenvalue weighted by Crippen LogP contribution is -2.43. The minimum Gasteiger partial charge on any atom is -0.497 e. The monoisotopic (exact) mass is 459 g/mol. The summed E-state index contributed by atoms with van der Waals surface area (Å²) in [6, 6.07) is 16.3. The molecule has 2 aromatic heterocycles. The Morgan fingerprint density at radius 1 is 1.21 bits per heavy atom. The van der Waals surface area contributed by atoms with E-state index in [2.05, 4.69) is 15.2 Å². The summed E-state index contributed by atoms with van der Waals surface area (Å²) in [5.41, 5.74) is 3.15. The van der Waals surface area contributed by atoms with Gasteiger partial charge in [0.15, 0.2) is 5.82 Å². The van der Waals surface area contributed by atoms with E-state index in [1.165, 1.54) is 6.07 Å². The maximum atomic E-state index is 13.9. The Bertz CT molecular complexity index is 1320. The molecule has 1 fully saturated rings. The predicted molar refractivity (Wildman–Crippen MR) is 128 cm³/mol. The molecule has 1 saturated heterocycles. The Morgan fingerprint density at radius 3 is 2.94 bits per heavy atom. The number of carbonyl (C=O) groups is 1. The van der Waals surface area contributed by atoms with E-state index in [1.807, 2.05) is 41.0 Å². The summed E-state index contributed by atoms with van der Waals surface area (Å²) in [6.45, 7) is 1.54. The standard InChI is InChI=1S/C26H26FN5O2/c1-34-21-9-4-7-18(14-21)23-15-24-25(28-11-13-32(24)30-23)31-12-5-8-20(17-31)26(33)29-16-19-6-2-3-10-22(19)27/h2-4,6-7,9-11,13-15,20H,5,8,12,16-17H2,1H3,(H,29,33)/t20-/m0/s1. The zero-order valence-corrected chi connectivity index (χ0v) is 18.9. The van der Waals surface area contributed by atoms with Gasteiger partial charge in [0.05, 0.1) is 18.7 Å². The second kappa shape index (κ2) is 9.51. The molecule has 3 heterocycles. The molecule has 1 aliphatic heterocycles. The first kappa shape index (κ1) is 21.9. The molecule has 8 heteroatoms. The first-order chi connectivity index (χ1) is 16.6. The number of benzene rings is 2. The lowest BCUT2D eigenvalue weighted by molar-refractivity contribution is -0.125. The van der Waals surface area contributed by atoms with Crippen molar-refractivity contribution in [2.75, 3.05) is 25.1 Å². The van der Waals surface area contributed by atoms with E-state index in [1.54, 1.807) is 31.5 Å². The molecule has 1 N–H and O–H groups in total. The van der Waals surface area contributed by atoms with Gasteiger partial charge in [-0.2, -0.15) is 5.10 Å². The van der Waals surface area contributed by atoms with E-state index < -0.39 is 0 Å². The third-order valence-corrected chi connectivity index (χ3v) is 6.24. The molecule has 1 amide bonds. The lowest BCUT2D eigenvalue weighted by atomic mass is 9.97. The van der Waals surface area contributed by atoms with E-state index in [-0.39, 0.29) is 24.2 Å². The number of carbonyl (C=O) groups excluding carboxylic acids is 1. The minimum atomic E-state index is -0.309. The largest absolute Gasteiger partial charge is 0.497 e. The number of hydrogen-bond donors (Lipinski definition) is 1. The van der Waals surface area contributed by atoms with Crippen LogP contribution in [0.5, 0.6) is 5.75 Å². The SMILES string of the molecule is COc1cccc(-c2cc3c(N4CCC[C@H](C(=O)NCc5ccccc5F)C4)nccn3n2)c1. The van der Waals surface area contributed by atoms with Crippen LogP contribution in [0.3, 0.4) is 0 Å². The highest BCUT2D eigenvalue weighted by Crippen LogP contribution is 2.29. The highest BCUT2D eigenvalue weighted by Gasteiger charge is 2.28. The molecule has 34 heavy (non-hydrogen) atoms. The molecule has 0 unspecified atom stereocenters. The van der Waals surface area contributed by atoms with E-state index >= 15 is 0 Å². The van der Waals surface area contributed by atoms with Crippen molar-refractivity contribution in [3.63, 3.8) is 0 Å². The summed E-state index contributed by atoms with van der Waals surface area (Å²) in [4.78, 5) is 19.6. The van der Waals surface area contributed by atoms with Gasteiger partial charge in [-0.1, -0.05) is 30.3 Å². The zero-order chi connectivity index (χ0) is 23.5. The Morgan fingerprint density at radius 2 is 2.09 bits per heavy atom. The first-order valence-electron chi connectivity index (χ1n) is 11.4. The van der Waals surface area contributed by atoms with Crippen molar-refractivity contribution in [2.45, 2.75) is 19.4 Å². The second-order valence-electron chi connectivity index (χ2n) is 8.44. The number of ether oxygens (including phenoxy) is 1. The van der Waals surface area contributed by atoms with Gasteiger partial charge in [0, 0.05) is 43.2 Å². The van der Waals surface area contributed by atoms with Gasteiger partial charge in [-0.15, -0.1) is 0 Å². The normalized spacial score (nSPS) is 15.9. The van der Waals surface area contributed by atoms with Crippen LogP contribution in [-0.4, -0.2) is 40.7 Å². The Kier molecular flexibility index (Phi) is 6.12. The van der Waals surface area contributed by atoms with Gasteiger partial charge in [-0.3, -0.25) is 4.79 Å². The maximum absolute atomic E-state index is 13.9.